The van der Waals surface area contributed by atoms with Gasteiger partial charge in [0, 0.05) is 19.4 Å². The Morgan fingerprint density at radius 2 is 1.81 bits per heavy atom. The fourth-order valence-electron chi connectivity index (χ4n) is 2.31. The average molecular weight is 395 g/mol. The van der Waals surface area contributed by atoms with Gasteiger partial charge in [-0.3, -0.25) is 14.1 Å². The van der Waals surface area contributed by atoms with Crippen molar-refractivity contribution in [3.63, 3.8) is 0 Å². The summed E-state index contributed by atoms with van der Waals surface area (Å²) in [7, 11) is -2.86. The highest BCUT2D eigenvalue weighted by Gasteiger charge is 2.28. The molecule has 0 fully saturated rings. The Bertz CT molecular complexity index is 599. The standard InChI is InChI=1S/C16H29NO8S/c1-11(18)13(7-6-8-25-15(20)12(2)24-5)9-14(19)17-16(3,4)10-26(21,22)23/h12-13H,6-10H2,1-5H3,(H,17,19)(H,21,22,23). The predicted octanol–water partition coefficient (Wildman–Crippen LogP) is 0.723. The van der Waals surface area contributed by atoms with Gasteiger partial charge in [-0.2, -0.15) is 8.42 Å². The number of carbonyl (C=O) groups excluding carboxylic acids is 3. The second-order valence-electron chi connectivity index (χ2n) is 6.86. The lowest BCUT2D eigenvalue weighted by Gasteiger charge is -2.25. The lowest BCUT2D eigenvalue weighted by atomic mass is 9.94. The largest absolute Gasteiger partial charge is 0.464 e. The quantitative estimate of drug-likeness (QED) is 0.280. The van der Waals surface area contributed by atoms with Crippen LogP contribution in [0.3, 0.4) is 0 Å². The number of carbonyl (C=O) groups is 3. The van der Waals surface area contributed by atoms with Crippen molar-refractivity contribution in [1.82, 2.24) is 5.32 Å². The van der Waals surface area contributed by atoms with Crippen LogP contribution < -0.4 is 5.32 Å². The van der Waals surface area contributed by atoms with E-state index in [1.807, 2.05) is 0 Å². The first-order valence-electron chi connectivity index (χ1n) is 8.23. The molecule has 2 atom stereocenters. The van der Waals surface area contributed by atoms with Gasteiger partial charge in [0.15, 0.2) is 6.10 Å². The minimum absolute atomic E-state index is 0.103. The first-order valence-corrected chi connectivity index (χ1v) is 9.84. The van der Waals surface area contributed by atoms with Gasteiger partial charge in [-0.05, 0) is 40.5 Å². The fourth-order valence-corrected chi connectivity index (χ4v) is 3.29. The Morgan fingerprint density at radius 3 is 2.27 bits per heavy atom. The number of hydrogen-bond acceptors (Lipinski definition) is 7. The molecule has 0 aliphatic heterocycles. The molecule has 1 amide bonds. The highest BCUT2D eigenvalue weighted by Crippen LogP contribution is 2.15. The van der Waals surface area contributed by atoms with E-state index >= 15 is 0 Å². The van der Waals surface area contributed by atoms with Crippen LogP contribution in [-0.4, -0.2) is 61.7 Å². The van der Waals surface area contributed by atoms with Gasteiger partial charge < -0.3 is 14.8 Å². The molecule has 0 aromatic heterocycles. The summed E-state index contributed by atoms with van der Waals surface area (Å²) in [6, 6.07) is 0. The van der Waals surface area contributed by atoms with Crippen molar-refractivity contribution >= 4 is 27.8 Å². The Hall–Kier alpha value is -1.52. The monoisotopic (exact) mass is 395 g/mol. The highest BCUT2D eigenvalue weighted by molar-refractivity contribution is 7.85. The number of methoxy groups -OCH3 is 1. The van der Waals surface area contributed by atoms with E-state index in [0.717, 1.165) is 0 Å². The molecule has 0 aromatic rings. The number of rotatable bonds is 12. The Kier molecular flexibility index (Phi) is 9.97. The summed E-state index contributed by atoms with van der Waals surface area (Å²) in [6.45, 7) is 5.93. The minimum atomic E-state index is -4.25. The summed E-state index contributed by atoms with van der Waals surface area (Å²) in [5.74, 6) is -2.40. The van der Waals surface area contributed by atoms with E-state index in [1.54, 1.807) is 6.92 Å². The molecule has 152 valence electrons. The van der Waals surface area contributed by atoms with Gasteiger partial charge in [0.1, 0.15) is 5.78 Å². The van der Waals surface area contributed by atoms with E-state index in [-0.39, 0.29) is 18.8 Å². The molecule has 0 spiro atoms. The lowest BCUT2D eigenvalue weighted by molar-refractivity contribution is -0.154. The van der Waals surface area contributed by atoms with E-state index < -0.39 is 45.3 Å². The Morgan fingerprint density at radius 1 is 1.23 bits per heavy atom. The van der Waals surface area contributed by atoms with Crippen molar-refractivity contribution in [1.29, 1.82) is 0 Å². The van der Waals surface area contributed by atoms with Crippen molar-refractivity contribution < 1.29 is 36.8 Å². The normalized spacial score (nSPS) is 14.4. The Labute approximate surface area is 154 Å². The molecule has 9 nitrogen and oxygen atoms in total. The molecular weight excluding hydrogens is 366 g/mol. The second-order valence-corrected chi connectivity index (χ2v) is 8.31. The van der Waals surface area contributed by atoms with Gasteiger partial charge in [0.25, 0.3) is 10.1 Å². The zero-order valence-corrected chi connectivity index (χ0v) is 16.7. The van der Waals surface area contributed by atoms with E-state index in [2.05, 4.69) is 5.32 Å². The predicted molar refractivity (Wildman–Crippen MR) is 94.1 cm³/mol. The molecule has 0 rings (SSSR count). The van der Waals surface area contributed by atoms with Crippen LogP contribution in [0.4, 0.5) is 0 Å². The number of ether oxygens (including phenoxy) is 2. The van der Waals surface area contributed by atoms with Crippen molar-refractivity contribution in [2.24, 2.45) is 5.92 Å². The second kappa shape index (κ2) is 10.6. The molecule has 26 heavy (non-hydrogen) atoms. The molecule has 0 saturated heterocycles. The molecule has 0 saturated carbocycles. The molecule has 0 heterocycles. The van der Waals surface area contributed by atoms with Crippen LogP contribution in [0.25, 0.3) is 0 Å². The lowest BCUT2D eigenvalue weighted by Crippen LogP contribution is -2.48. The van der Waals surface area contributed by atoms with Crippen LogP contribution in [0.2, 0.25) is 0 Å². The van der Waals surface area contributed by atoms with E-state index in [1.165, 1.54) is 27.9 Å². The third-order valence-electron chi connectivity index (χ3n) is 3.65. The molecule has 0 aliphatic rings. The van der Waals surface area contributed by atoms with Crippen LogP contribution in [0.5, 0.6) is 0 Å². The number of esters is 1. The van der Waals surface area contributed by atoms with Crippen molar-refractivity contribution in [3.05, 3.63) is 0 Å². The summed E-state index contributed by atoms with van der Waals surface area (Å²) in [5.41, 5.74) is -1.17. The molecule has 0 radical (unpaired) electrons. The summed E-state index contributed by atoms with van der Waals surface area (Å²) in [4.78, 5) is 35.3. The van der Waals surface area contributed by atoms with Gasteiger partial charge in [-0.15, -0.1) is 0 Å². The van der Waals surface area contributed by atoms with E-state index in [9.17, 15) is 22.8 Å². The minimum Gasteiger partial charge on any atom is -0.464 e. The molecule has 0 aliphatic carbocycles. The summed E-state index contributed by atoms with van der Waals surface area (Å²) < 4.78 is 40.6. The van der Waals surface area contributed by atoms with Gasteiger partial charge in [-0.1, -0.05) is 0 Å². The highest BCUT2D eigenvalue weighted by atomic mass is 32.2. The van der Waals surface area contributed by atoms with Crippen LogP contribution in [0, 0.1) is 5.92 Å². The third-order valence-corrected chi connectivity index (χ3v) is 4.74. The van der Waals surface area contributed by atoms with Crippen LogP contribution in [0.15, 0.2) is 0 Å². The number of nitrogens with one attached hydrogen (secondary N) is 1. The van der Waals surface area contributed by atoms with E-state index in [4.69, 9.17) is 14.0 Å². The van der Waals surface area contributed by atoms with Gasteiger partial charge in [-0.25, -0.2) is 4.79 Å². The zero-order chi connectivity index (χ0) is 20.5. The smallest absolute Gasteiger partial charge is 0.334 e. The average Bonchev–Trinajstić information content (AvgIpc) is 2.45. The van der Waals surface area contributed by atoms with Crippen molar-refractivity contribution in [2.75, 3.05) is 19.5 Å². The molecule has 10 heteroatoms. The SMILES string of the molecule is COC(C)C(=O)OCCCC(CC(=O)NC(C)(C)CS(=O)(=O)O)C(C)=O. The summed E-state index contributed by atoms with van der Waals surface area (Å²) in [5, 5.41) is 2.50. The number of ketones is 1. The number of hydrogen-bond donors (Lipinski definition) is 2. The fraction of sp³-hybridized carbons (Fsp3) is 0.812. The van der Waals surface area contributed by atoms with Crippen LogP contribution in [0.1, 0.15) is 47.0 Å². The molecular formula is C16H29NO8S. The summed E-state index contributed by atoms with van der Waals surface area (Å²) >= 11 is 0. The topological polar surface area (TPSA) is 136 Å². The van der Waals surface area contributed by atoms with Gasteiger partial charge in [0.05, 0.1) is 17.9 Å². The Balaban J connectivity index is 4.49. The number of amides is 1. The molecule has 0 aromatic carbocycles. The third kappa shape index (κ3) is 11.2. The van der Waals surface area contributed by atoms with Crippen LogP contribution >= 0.6 is 0 Å². The first-order chi connectivity index (χ1) is 11.8. The maximum atomic E-state index is 12.1. The maximum absolute atomic E-state index is 12.1. The molecule has 0 bridgehead atoms. The zero-order valence-electron chi connectivity index (χ0n) is 15.9. The molecule has 2 N–H and O–H groups in total. The maximum Gasteiger partial charge on any atom is 0.334 e. The van der Waals surface area contributed by atoms with Crippen LogP contribution in [-0.2, 0) is 34.0 Å². The van der Waals surface area contributed by atoms with Gasteiger partial charge >= 0.3 is 5.97 Å². The summed E-state index contributed by atoms with van der Waals surface area (Å²) in [6.07, 6.45) is -0.0499. The van der Waals surface area contributed by atoms with E-state index in [0.29, 0.717) is 12.8 Å². The number of Topliss-reactive ketones (excluding diaryl/α,β-unsaturated/α-hetero) is 1. The van der Waals surface area contributed by atoms with Crippen molar-refractivity contribution in [3.8, 4) is 0 Å². The van der Waals surface area contributed by atoms with Gasteiger partial charge in [0.2, 0.25) is 5.91 Å². The van der Waals surface area contributed by atoms with Crippen molar-refractivity contribution in [2.45, 2.75) is 58.6 Å². The first kappa shape index (κ1) is 24.5. The molecule has 2 unspecified atom stereocenters.